The third kappa shape index (κ3) is 2.65. The first-order valence-corrected chi connectivity index (χ1v) is 6.05. The van der Waals surface area contributed by atoms with Crippen LogP contribution < -0.4 is 0 Å². The van der Waals surface area contributed by atoms with Crippen LogP contribution in [0.3, 0.4) is 0 Å². The number of ether oxygens (including phenoxy) is 1. The largest absolute Gasteiger partial charge is 0.377 e. The minimum Gasteiger partial charge on any atom is -0.377 e. The van der Waals surface area contributed by atoms with E-state index in [0.29, 0.717) is 11.3 Å². The van der Waals surface area contributed by atoms with Gasteiger partial charge in [-0.2, -0.15) is 5.10 Å². The lowest BCUT2D eigenvalue weighted by atomic mass is 10.1. The Balaban J connectivity index is 2.43. The van der Waals surface area contributed by atoms with Gasteiger partial charge in [-0.15, -0.1) is 0 Å². The maximum atomic E-state index is 5.43. The Morgan fingerprint density at radius 3 is 2.89 bits per heavy atom. The number of nitrogens with one attached hydrogen (secondary N) is 1. The fraction of sp³-hybridized carbons (Fsp3) is 0.417. The maximum Gasteiger partial charge on any atom is 0.195 e. The highest BCUT2D eigenvalue weighted by atomic mass is 32.1. The predicted octanol–water partition coefficient (Wildman–Crippen LogP) is 2.43. The number of aromatic amines is 1. The molecule has 0 spiro atoms. The van der Waals surface area contributed by atoms with E-state index >= 15 is 0 Å². The van der Waals surface area contributed by atoms with E-state index in [9.17, 15) is 0 Å². The highest BCUT2D eigenvalue weighted by Crippen LogP contribution is 2.19. The zero-order valence-electron chi connectivity index (χ0n) is 10.7. The van der Waals surface area contributed by atoms with Gasteiger partial charge in [-0.3, -0.25) is 14.6 Å². The molecule has 0 unspecified atom stereocenters. The van der Waals surface area contributed by atoms with E-state index in [1.54, 1.807) is 19.5 Å². The number of rotatable bonds is 4. The summed E-state index contributed by atoms with van der Waals surface area (Å²) < 4.78 is 7.94. The molecule has 6 heteroatoms. The van der Waals surface area contributed by atoms with Gasteiger partial charge in [-0.1, -0.05) is 0 Å². The van der Waals surface area contributed by atoms with Crippen LogP contribution in [0.4, 0.5) is 0 Å². The van der Waals surface area contributed by atoms with Crippen molar-refractivity contribution >= 4 is 12.2 Å². The predicted molar refractivity (Wildman–Crippen MR) is 71.7 cm³/mol. The molecule has 0 bridgehead atoms. The number of nitrogens with zero attached hydrogens (tertiary/aromatic N) is 3. The Kier molecular flexibility index (Phi) is 3.58. The number of aromatic nitrogens is 4. The van der Waals surface area contributed by atoms with Gasteiger partial charge >= 0.3 is 0 Å². The monoisotopic (exact) mass is 264 g/mol. The van der Waals surface area contributed by atoms with Crippen LogP contribution in [0.2, 0.25) is 0 Å². The molecular formula is C12H16N4OS. The number of hydrogen-bond donors (Lipinski definition) is 1. The van der Waals surface area contributed by atoms with Gasteiger partial charge < -0.3 is 4.74 Å². The average Bonchev–Trinajstić information content (AvgIpc) is 2.72. The molecular weight excluding hydrogens is 248 g/mol. The summed E-state index contributed by atoms with van der Waals surface area (Å²) in [4.78, 5) is 4.10. The molecule has 1 N–H and O–H groups in total. The number of H-pyrrole nitrogens is 1. The molecule has 0 aliphatic rings. The first kappa shape index (κ1) is 12.9. The quantitative estimate of drug-likeness (QED) is 0.862. The summed E-state index contributed by atoms with van der Waals surface area (Å²) in [7, 11) is 1.69. The van der Waals surface area contributed by atoms with Gasteiger partial charge in [-0.05, 0) is 38.2 Å². The third-order valence-corrected chi connectivity index (χ3v) is 3.08. The zero-order chi connectivity index (χ0) is 13.2. The molecule has 2 heterocycles. The highest BCUT2D eigenvalue weighted by Gasteiger charge is 2.20. The molecule has 0 atom stereocenters. The molecule has 0 aromatic carbocycles. The fourth-order valence-corrected chi connectivity index (χ4v) is 1.82. The summed E-state index contributed by atoms with van der Waals surface area (Å²) in [6.07, 6.45) is 3.50. The van der Waals surface area contributed by atoms with Crippen LogP contribution in [0, 0.1) is 4.77 Å². The van der Waals surface area contributed by atoms with Crippen LogP contribution in [0.5, 0.6) is 0 Å². The molecule has 0 radical (unpaired) electrons. The van der Waals surface area contributed by atoms with Crippen molar-refractivity contribution in [1.82, 2.24) is 19.7 Å². The summed E-state index contributed by atoms with van der Waals surface area (Å²) in [5.41, 5.74) is 0.621. The van der Waals surface area contributed by atoms with Gasteiger partial charge in [-0.25, -0.2) is 0 Å². The minimum absolute atomic E-state index is 0.306. The van der Waals surface area contributed by atoms with Crippen molar-refractivity contribution in [2.45, 2.75) is 26.0 Å². The van der Waals surface area contributed by atoms with E-state index in [1.807, 2.05) is 30.5 Å². The van der Waals surface area contributed by atoms with E-state index in [-0.39, 0.29) is 5.60 Å². The van der Waals surface area contributed by atoms with Crippen LogP contribution in [-0.2, 0) is 11.3 Å². The molecule has 0 aliphatic carbocycles. The van der Waals surface area contributed by atoms with E-state index in [2.05, 4.69) is 15.2 Å². The van der Waals surface area contributed by atoms with Crippen LogP contribution in [-0.4, -0.2) is 32.5 Å². The molecule has 0 saturated heterocycles. The standard InChI is InChI=1S/C12H16N4OS/c1-12(2,17-3)8-16-10(14-15-11(16)18)9-5-4-6-13-7-9/h4-7H,8H2,1-3H3,(H,15,18). The Morgan fingerprint density at radius 2 is 2.28 bits per heavy atom. The Hall–Kier alpha value is -1.53. The lowest BCUT2D eigenvalue weighted by Gasteiger charge is -2.23. The average molecular weight is 264 g/mol. The van der Waals surface area contributed by atoms with Crippen LogP contribution in [0.25, 0.3) is 11.4 Å². The third-order valence-electron chi connectivity index (χ3n) is 2.77. The Morgan fingerprint density at radius 1 is 1.50 bits per heavy atom. The normalized spacial score (nSPS) is 11.7. The SMILES string of the molecule is COC(C)(C)Cn1c(-c2cccnc2)n[nH]c1=S. The minimum atomic E-state index is -0.306. The van der Waals surface area contributed by atoms with Crippen molar-refractivity contribution in [2.75, 3.05) is 7.11 Å². The lowest BCUT2D eigenvalue weighted by Crippen LogP contribution is -2.29. The molecule has 2 aromatic heterocycles. The summed E-state index contributed by atoms with van der Waals surface area (Å²) in [6.45, 7) is 4.65. The van der Waals surface area contributed by atoms with Gasteiger partial charge in [0.05, 0.1) is 12.1 Å². The van der Waals surface area contributed by atoms with E-state index in [4.69, 9.17) is 17.0 Å². The number of hydrogen-bond acceptors (Lipinski definition) is 4. The van der Waals surface area contributed by atoms with Crippen molar-refractivity contribution in [3.8, 4) is 11.4 Å². The Bertz CT molecular complexity index is 573. The molecule has 2 rings (SSSR count). The molecule has 0 amide bonds. The van der Waals surface area contributed by atoms with Crippen molar-refractivity contribution < 1.29 is 4.74 Å². The van der Waals surface area contributed by atoms with E-state index in [1.165, 1.54) is 0 Å². The first-order valence-electron chi connectivity index (χ1n) is 5.64. The fourth-order valence-electron chi connectivity index (χ4n) is 1.63. The van der Waals surface area contributed by atoms with Gasteiger partial charge in [0.25, 0.3) is 0 Å². The van der Waals surface area contributed by atoms with Crippen LogP contribution >= 0.6 is 12.2 Å². The second-order valence-electron chi connectivity index (χ2n) is 4.64. The lowest BCUT2D eigenvalue weighted by molar-refractivity contribution is 0.00814. The summed E-state index contributed by atoms with van der Waals surface area (Å²) in [5.74, 6) is 0.776. The van der Waals surface area contributed by atoms with Gasteiger partial charge in [0, 0.05) is 25.1 Å². The molecule has 0 aliphatic heterocycles. The van der Waals surface area contributed by atoms with Crippen molar-refractivity contribution in [2.24, 2.45) is 0 Å². The maximum absolute atomic E-state index is 5.43. The van der Waals surface area contributed by atoms with Crippen molar-refractivity contribution in [3.63, 3.8) is 0 Å². The summed E-state index contributed by atoms with van der Waals surface area (Å²) >= 11 is 5.26. The van der Waals surface area contributed by atoms with Crippen LogP contribution in [0.15, 0.2) is 24.5 Å². The summed E-state index contributed by atoms with van der Waals surface area (Å²) in [6, 6.07) is 3.83. The number of methoxy groups -OCH3 is 1. The van der Waals surface area contributed by atoms with Gasteiger partial charge in [0.1, 0.15) is 0 Å². The van der Waals surface area contributed by atoms with E-state index in [0.717, 1.165) is 11.4 Å². The van der Waals surface area contributed by atoms with Crippen molar-refractivity contribution in [3.05, 3.63) is 29.3 Å². The Labute approximate surface area is 111 Å². The molecule has 0 saturated carbocycles. The van der Waals surface area contributed by atoms with Gasteiger partial charge in [0.2, 0.25) is 0 Å². The first-order chi connectivity index (χ1) is 8.53. The highest BCUT2D eigenvalue weighted by molar-refractivity contribution is 7.71. The van der Waals surface area contributed by atoms with Crippen molar-refractivity contribution in [1.29, 1.82) is 0 Å². The number of pyridine rings is 1. The molecule has 96 valence electrons. The van der Waals surface area contributed by atoms with E-state index < -0.39 is 0 Å². The molecule has 18 heavy (non-hydrogen) atoms. The molecule has 0 fully saturated rings. The summed E-state index contributed by atoms with van der Waals surface area (Å²) in [5, 5.41) is 7.07. The molecule has 5 nitrogen and oxygen atoms in total. The van der Waals surface area contributed by atoms with Gasteiger partial charge in [0.15, 0.2) is 10.6 Å². The second-order valence-corrected chi connectivity index (χ2v) is 5.03. The molecule has 2 aromatic rings. The second kappa shape index (κ2) is 4.99. The van der Waals surface area contributed by atoms with Crippen LogP contribution in [0.1, 0.15) is 13.8 Å². The zero-order valence-corrected chi connectivity index (χ0v) is 11.5. The topological polar surface area (TPSA) is 55.7 Å². The smallest absolute Gasteiger partial charge is 0.195 e.